The van der Waals surface area contributed by atoms with E-state index in [0.29, 0.717) is 0 Å². The lowest BCUT2D eigenvalue weighted by atomic mass is 10.4. The van der Waals surface area contributed by atoms with Crippen molar-refractivity contribution in [2.45, 2.75) is 6.10 Å². The second kappa shape index (κ2) is 5.16. The fourth-order valence-electron chi connectivity index (χ4n) is 0.446. The van der Waals surface area contributed by atoms with Gasteiger partial charge in [0.05, 0.1) is 13.7 Å². The number of ether oxygens (including phenoxy) is 2. The molecule has 0 aliphatic carbocycles. The van der Waals surface area contributed by atoms with Gasteiger partial charge in [-0.25, -0.2) is 10.7 Å². The Morgan fingerprint density at radius 1 is 1.60 bits per heavy atom. The molecule has 2 N–H and O–H groups in total. The number of hydrogen-bond acceptors (Lipinski definition) is 5. The molecule has 0 aromatic heterocycles. The van der Waals surface area contributed by atoms with Crippen LogP contribution in [0.4, 0.5) is 0 Å². The maximum absolute atomic E-state index is 10.6. The predicted octanol–water partition coefficient (Wildman–Crippen LogP) is -0.935. The lowest BCUT2D eigenvalue weighted by Gasteiger charge is -2.09. The number of carbonyl (C=O) groups excluding carboxylic acids is 1. The van der Waals surface area contributed by atoms with Crippen LogP contribution in [0, 0.1) is 0 Å². The van der Waals surface area contributed by atoms with Gasteiger partial charge in [-0.05, 0) is 0 Å². The Morgan fingerprint density at radius 3 is 2.50 bits per heavy atom. The van der Waals surface area contributed by atoms with Crippen molar-refractivity contribution in [1.82, 2.24) is 0 Å². The third-order valence-corrected chi connectivity index (χ3v) is 0.946. The van der Waals surface area contributed by atoms with Gasteiger partial charge in [-0.1, -0.05) is 0 Å². The summed E-state index contributed by atoms with van der Waals surface area (Å²) in [5.74, 6) is 4.22. The monoisotopic (exact) mass is 149 g/mol. The molecule has 0 heterocycles. The summed E-state index contributed by atoms with van der Waals surface area (Å²) in [6, 6.07) is 0. The molecule has 10 heavy (non-hydrogen) atoms. The Bertz CT molecular complexity index is 106. The fraction of sp³-hybridized carbons (Fsp3) is 0.800. The van der Waals surface area contributed by atoms with E-state index in [1.807, 2.05) is 0 Å². The van der Waals surface area contributed by atoms with Crippen LogP contribution < -0.4 is 5.90 Å². The maximum atomic E-state index is 10.6. The standard InChI is InChI=1S/C5H11NO4/c1-8-3-4(10-6)5(7)9-2/h4H,3,6H2,1-2H3/t4-/m0/s1. The van der Waals surface area contributed by atoms with Crippen LogP contribution in [-0.4, -0.2) is 32.9 Å². The lowest BCUT2D eigenvalue weighted by Crippen LogP contribution is -2.32. The van der Waals surface area contributed by atoms with E-state index in [-0.39, 0.29) is 6.61 Å². The van der Waals surface area contributed by atoms with E-state index >= 15 is 0 Å². The number of carbonyl (C=O) groups is 1. The second-order valence-corrected chi connectivity index (χ2v) is 1.60. The SMILES string of the molecule is COC[C@H](ON)C(=O)OC. The van der Waals surface area contributed by atoms with Crippen molar-refractivity contribution in [2.24, 2.45) is 5.90 Å². The van der Waals surface area contributed by atoms with Crippen molar-refractivity contribution in [3.05, 3.63) is 0 Å². The van der Waals surface area contributed by atoms with Crippen LogP contribution in [0.25, 0.3) is 0 Å². The highest BCUT2D eigenvalue weighted by molar-refractivity contribution is 5.74. The van der Waals surface area contributed by atoms with Gasteiger partial charge in [-0.3, -0.25) is 4.84 Å². The van der Waals surface area contributed by atoms with Crippen molar-refractivity contribution in [3.63, 3.8) is 0 Å². The van der Waals surface area contributed by atoms with E-state index < -0.39 is 12.1 Å². The Morgan fingerprint density at radius 2 is 2.20 bits per heavy atom. The first-order valence-corrected chi connectivity index (χ1v) is 2.68. The minimum Gasteiger partial charge on any atom is -0.467 e. The highest BCUT2D eigenvalue weighted by atomic mass is 16.7. The number of nitrogens with two attached hydrogens (primary N) is 1. The Balaban J connectivity index is 3.68. The molecule has 0 amide bonds. The van der Waals surface area contributed by atoms with Gasteiger partial charge >= 0.3 is 5.97 Å². The molecule has 0 aromatic carbocycles. The number of esters is 1. The molecule has 5 nitrogen and oxygen atoms in total. The summed E-state index contributed by atoms with van der Waals surface area (Å²) < 4.78 is 8.94. The average molecular weight is 149 g/mol. The van der Waals surface area contributed by atoms with Gasteiger partial charge in [0.15, 0.2) is 6.10 Å². The molecule has 0 aliphatic heterocycles. The Labute approximate surface area is 59.0 Å². The van der Waals surface area contributed by atoms with Crippen molar-refractivity contribution < 1.29 is 19.1 Å². The summed E-state index contributed by atoms with van der Waals surface area (Å²) in [6.07, 6.45) is -0.824. The van der Waals surface area contributed by atoms with Crippen LogP contribution in [0.15, 0.2) is 0 Å². The third-order valence-electron chi connectivity index (χ3n) is 0.946. The van der Waals surface area contributed by atoms with Crippen molar-refractivity contribution in [3.8, 4) is 0 Å². The first-order valence-electron chi connectivity index (χ1n) is 2.68. The topological polar surface area (TPSA) is 70.8 Å². The normalized spacial score (nSPS) is 12.7. The van der Waals surface area contributed by atoms with Crippen molar-refractivity contribution in [1.29, 1.82) is 0 Å². The smallest absolute Gasteiger partial charge is 0.339 e. The molecule has 0 unspecified atom stereocenters. The molecular formula is C5H11NO4. The van der Waals surface area contributed by atoms with E-state index in [2.05, 4.69) is 14.3 Å². The highest BCUT2D eigenvalue weighted by Gasteiger charge is 2.18. The third kappa shape index (κ3) is 2.77. The first-order chi connectivity index (χ1) is 4.76. The van der Waals surface area contributed by atoms with E-state index in [0.717, 1.165) is 0 Å². The first kappa shape index (κ1) is 9.35. The molecule has 0 bridgehead atoms. The minimum atomic E-state index is -0.824. The fourth-order valence-corrected chi connectivity index (χ4v) is 0.446. The van der Waals surface area contributed by atoms with Crippen molar-refractivity contribution in [2.75, 3.05) is 20.8 Å². The van der Waals surface area contributed by atoms with Crippen LogP contribution in [0.1, 0.15) is 0 Å². The lowest BCUT2D eigenvalue weighted by molar-refractivity contribution is -0.157. The Hall–Kier alpha value is -0.650. The summed E-state index contributed by atoms with van der Waals surface area (Å²) in [5.41, 5.74) is 0. The zero-order valence-electron chi connectivity index (χ0n) is 5.99. The van der Waals surface area contributed by atoms with Crippen LogP contribution in [0.5, 0.6) is 0 Å². The maximum Gasteiger partial charge on any atom is 0.339 e. The molecule has 5 heteroatoms. The van der Waals surface area contributed by atoms with Gasteiger partial charge in [0.1, 0.15) is 0 Å². The van der Waals surface area contributed by atoms with Crippen molar-refractivity contribution >= 4 is 5.97 Å². The largest absolute Gasteiger partial charge is 0.467 e. The molecular weight excluding hydrogens is 138 g/mol. The number of rotatable bonds is 4. The van der Waals surface area contributed by atoms with E-state index in [1.54, 1.807) is 0 Å². The molecule has 60 valence electrons. The Kier molecular flexibility index (Phi) is 4.82. The molecule has 0 aromatic rings. The quantitative estimate of drug-likeness (QED) is 0.413. The van der Waals surface area contributed by atoms with E-state index in [4.69, 9.17) is 5.90 Å². The predicted molar refractivity (Wildman–Crippen MR) is 33.0 cm³/mol. The molecule has 0 saturated heterocycles. The minimum absolute atomic E-state index is 0.100. The zero-order chi connectivity index (χ0) is 7.98. The van der Waals surface area contributed by atoms with Crippen LogP contribution in [0.2, 0.25) is 0 Å². The highest BCUT2D eigenvalue weighted by Crippen LogP contribution is 1.90. The van der Waals surface area contributed by atoms with E-state index in [1.165, 1.54) is 14.2 Å². The average Bonchev–Trinajstić information content (AvgIpc) is 1.99. The van der Waals surface area contributed by atoms with E-state index in [9.17, 15) is 4.79 Å². The van der Waals surface area contributed by atoms with Gasteiger partial charge in [0, 0.05) is 7.11 Å². The van der Waals surface area contributed by atoms with Gasteiger partial charge in [-0.15, -0.1) is 0 Å². The van der Waals surface area contributed by atoms with Gasteiger partial charge in [0.25, 0.3) is 0 Å². The zero-order valence-corrected chi connectivity index (χ0v) is 5.99. The van der Waals surface area contributed by atoms with Gasteiger partial charge < -0.3 is 9.47 Å². The summed E-state index contributed by atoms with van der Waals surface area (Å²) in [4.78, 5) is 14.9. The summed E-state index contributed by atoms with van der Waals surface area (Å²) >= 11 is 0. The molecule has 0 fully saturated rings. The molecule has 1 atom stereocenters. The van der Waals surface area contributed by atoms with Gasteiger partial charge in [0.2, 0.25) is 0 Å². The molecule has 0 radical (unpaired) electrons. The molecule has 0 rings (SSSR count). The van der Waals surface area contributed by atoms with Crippen LogP contribution in [0.3, 0.4) is 0 Å². The summed E-state index contributed by atoms with van der Waals surface area (Å²) in [5, 5.41) is 0. The molecule has 0 saturated carbocycles. The second-order valence-electron chi connectivity index (χ2n) is 1.60. The molecule has 0 spiro atoms. The summed E-state index contributed by atoms with van der Waals surface area (Å²) in [6.45, 7) is 0.100. The molecule has 0 aliphatic rings. The van der Waals surface area contributed by atoms with Crippen LogP contribution >= 0.6 is 0 Å². The number of methoxy groups -OCH3 is 2. The van der Waals surface area contributed by atoms with Crippen LogP contribution in [-0.2, 0) is 19.1 Å². The van der Waals surface area contributed by atoms with Gasteiger partial charge in [-0.2, -0.15) is 0 Å². The number of hydrogen-bond donors (Lipinski definition) is 1. The summed E-state index contributed by atoms with van der Waals surface area (Å²) in [7, 11) is 2.69.